The number of unbranched alkanes of at least 4 members (excludes halogenated alkanes) is 4. The number of nitrogens with zero attached hydrogens (tertiary/aromatic N) is 2. The molecule has 148 valence electrons. The first kappa shape index (κ1) is 21.1. The molecule has 0 amide bonds. The molecule has 0 atom stereocenters. The van der Waals surface area contributed by atoms with Crippen LogP contribution in [0.15, 0.2) is 24.3 Å². The molecule has 0 radical (unpaired) electrons. The van der Waals surface area contributed by atoms with Crippen molar-refractivity contribution >= 4 is 11.4 Å². The molecule has 2 nitrogen and oxygen atoms in total. The van der Waals surface area contributed by atoms with Crippen LogP contribution in [0, 0.1) is 0 Å². The zero-order valence-corrected chi connectivity index (χ0v) is 17.9. The van der Waals surface area contributed by atoms with Crippen molar-refractivity contribution in [3.05, 3.63) is 24.3 Å². The molecule has 0 aromatic heterocycles. The van der Waals surface area contributed by atoms with Crippen LogP contribution in [0.25, 0.3) is 0 Å². The van der Waals surface area contributed by atoms with Gasteiger partial charge in [-0.15, -0.1) is 0 Å². The zero-order valence-electron chi connectivity index (χ0n) is 17.9. The first-order valence-corrected chi connectivity index (χ1v) is 11.3. The van der Waals surface area contributed by atoms with Gasteiger partial charge in [-0.1, -0.05) is 78.4 Å². The molecule has 0 aliphatic carbocycles. The van der Waals surface area contributed by atoms with E-state index in [4.69, 9.17) is 0 Å². The van der Waals surface area contributed by atoms with Gasteiger partial charge in [0.2, 0.25) is 0 Å². The molecule has 1 aliphatic heterocycles. The molecule has 0 bridgehead atoms. The molecule has 26 heavy (non-hydrogen) atoms. The summed E-state index contributed by atoms with van der Waals surface area (Å²) in [4.78, 5) is 5.55. The van der Waals surface area contributed by atoms with Gasteiger partial charge < -0.3 is 9.80 Å². The van der Waals surface area contributed by atoms with Crippen molar-refractivity contribution in [1.82, 2.24) is 0 Å². The van der Waals surface area contributed by atoms with Gasteiger partial charge in [0.05, 0.1) is 16.9 Å². The topological polar surface area (TPSA) is 6.48 Å². The van der Waals surface area contributed by atoms with E-state index in [1.807, 2.05) is 0 Å². The van der Waals surface area contributed by atoms with Crippen molar-refractivity contribution in [2.45, 2.75) is 97.4 Å². The lowest BCUT2D eigenvalue weighted by molar-refractivity contribution is 0.304. The monoisotopic (exact) mass is 358 g/mol. The molecular formula is C24H42N2. The lowest BCUT2D eigenvalue weighted by atomic mass is 9.81. The van der Waals surface area contributed by atoms with Crippen molar-refractivity contribution in [3.8, 4) is 0 Å². The van der Waals surface area contributed by atoms with Crippen LogP contribution >= 0.6 is 0 Å². The highest BCUT2D eigenvalue weighted by molar-refractivity contribution is 5.75. The van der Waals surface area contributed by atoms with E-state index in [1.165, 1.54) is 95.2 Å². The molecule has 1 aliphatic rings. The molecule has 1 heterocycles. The fourth-order valence-electron chi connectivity index (χ4n) is 4.53. The minimum Gasteiger partial charge on any atom is -0.368 e. The van der Waals surface area contributed by atoms with Gasteiger partial charge in [0.1, 0.15) is 0 Å². The predicted molar refractivity (Wildman–Crippen MR) is 118 cm³/mol. The molecule has 0 unspecified atom stereocenters. The van der Waals surface area contributed by atoms with Crippen LogP contribution in [0.4, 0.5) is 11.4 Å². The first-order valence-electron chi connectivity index (χ1n) is 11.3. The predicted octanol–water partition coefficient (Wildman–Crippen LogP) is 7.03. The number of rotatable bonds is 12. The Bertz CT molecular complexity index is 503. The molecule has 1 aromatic carbocycles. The summed E-state index contributed by atoms with van der Waals surface area (Å²) in [6.45, 7) is 12.9. The van der Waals surface area contributed by atoms with E-state index in [1.54, 1.807) is 0 Å². The Morgan fingerprint density at radius 3 is 1.85 bits per heavy atom. The summed E-state index contributed by atoms with van der Waals surface area (Å²) in [5.74, 6) is 0. The average molecular weight is 359 g/mol. The third kappa shape index (κ3) is 4.96. The van der Waals surface area contributed by atoms with Crippen molar-refractivity contribution in [2.75, 3.05) is 29.4 Å². The van der Waals surface area contributed by atoms with E-state index in [2.05, 4.69) is 61.8 Å². The summed E-state index contributed by atoms with van der Waals surface area (Å²) in [7, 11) is 0. The Kier molecular flexibility index (Phi) is 8.81. The van der Waals surface area contributed by atoms with E-state index >= 15 is 0 Å². The van der Waals surface area contributed by atoms with E-state index in [0.29, 0.717) is 5.54 Å². The van der Waals surface area contributed by atoms with Crippen molar-refractivity contribution in [3.63, 3.8) is 0 Å². The van der Waals surface area contributed by atoms with E-state index in [-0.39, 0.29) is 0 Å². The highest BCUT2D eigenvalue weighted by Crippen LogP contribution is 2.44. The number of benzene rings is 1. The fraction of sp³-hybridized carbons (Fsp3) is 0.750. The summed E-state index contributed by atoms with van der Waals surface area (Å²) in [5.41, 5.74) is 3.29. The zero-order chi connectivity index (χ0) is 18.8. The lowest BCUT2D eigenvalue weighted by Crippen LogP contribution is -2.60. The van der Waals surface area contributed by atoms with Gasteiger partial charge in [0.25, 0.3) is 0 Å². The average Bonchev–Trinajstić information content (AvgIpc) is 2.68. The third-order valence-electron chi connectivity index (χ3n) is 6.08. The number of fused-ring (bicyclic) bond motifs is 1. The summed E-state index contributed by atoms with van der Waals surface area (Å²) in [5, 5.41) is 0. The van der Waals surface area contributed by atoms with E-state index < -0.39 is 0 Å². The standard InChI is InChI=1S/C24H42N2/c1-5-9-17-24(18-10-6-2)21-25(19-11-7-3)22-15-13-14-16-23(22)26(24)20-12-8-4/h13-16H,5-12,17-21H2,1-4H3. The summed E-state index contributed by atoms with van der Waals surface area (Å²) in [6, 6.07) is 9.20. The van der Waals surface area contributed by atoms with Crippen molar-refractivity contribution in [1.29, 1.82) is 0 Å². The second kappa shape index (κ2) is 10.8. The first-order chi connectivity index (χ1) is 12.7. The molecule has 0 spiro atoms. The highest BCUT2D eigenvalue weighted by Gasteiger charge is 2.42. The Balaban J connectivity index is 2.43. The van der Waals surface area contributed by atoms with Gasteiger partial charge in [-0.05, 0) is 37.8 Å². The molecule has 2 heteroatoms. The van der Waals surface area contributed by atoms with Crippen LogP contribution in [0.3, 0.4) is 0 Å². The third-order valence-corrected chi connectivity index (χ3v) is 6.08. The smallest absolute Gasteiger partial charge is 0.0609 e. The number of para-hydroxylation sites is 2. The molecule has 0 saturated heterocycles. The molecule has 2 rings (SSSR count). The van der Waals surface area contributed by atoms with E-state index in [9.17, 15) is 0 Å². The lowest BCUT2D eigenvalue weighted by Gasteiger charge is -2.54. The van der Waals surface area contributed by atoms with Gasteiger partial charge >= 0.3 is 0 Å². The summed E-state index contributed by atoms with van der Waals surface area (Å²) < 4.78 is 0. The van der Waals surface area contributed by atoms with Crippen molar-refractivity contribution < 1.29 is 0 Å². The Labute approximate surface area is 163 Å². The summed E-state index contributed by atoms with van der Waals surface area (Å²) >= 11 is 0. The molecule has 0 fully saturated rings. The largest absolute Gasteiger partial charge is 0.368 e. The number of anilines is 2. The van der Waals surface area contributed by atoms with Crippen LogP contribution in [0.5, 0.6) is 0 Å². The van der Waals surface area contributed by atoms with Gasteiger partial charge in [-0.25, -0.2) is 0 Å². The SMILES string of the molecule is CCCCN1CC(CCCC)(CCCC)N(CCCC)c2ccccc21. The maximum Gasteiger partial charge on any atom is 0.0609 e. The minimum atomic E-state index is 0.323. The minimum absolute atomic E-state index is 0.323. The second-order valence-corrected chi connectivity index (χ2v) is 8.20. The maximum atomic E-state index is 2.83. The van der Waals surface area contributed by atoms with Gasteiger partial charge in [0, 0.05) is 19.6 Å². The fourth-order valence-corrected chi connectivity index (χ4v) is 4.53. The Hall–Kier alpha value is -1.18. The van der Waals surface area contributed by atoms with E-state index in [0.717, 1.165) is 0 Å². The van der Waals surface area contributed by atoms with Gasteiger partial charge in [-0.2, -0.15) is 0 Å². The van der Waals surface area contributed by atoms with Crippen LogP contribution in [-0.2, 0) is 0 Å². The van der Waals surface area contributed by atoms with Crippen molar-refractivity contribution in [2.24, 2.45) is 0 Å². The maximum absolute atomic E-state index is 2.83. The number of hydrogen-bond donors (Lipinski definition) is 0. The summed E-state index contributed by atoms with van der Waals surface area (Å²) in [6.07, 6.45) is 13.1. The number of hydrogen-bond acceptors (Lipinski definition) is 2. The Morgan fingerprint density at radius 1 is 0.731 bits per heavy atom. The van der Waals surface area contributed by atoms with Crippen LogP contribution in [0.2, 0.25) is 0 Å². The Morgan fingerprint density at radius 2 is 1.27 bits per heavy atom. The van der Waals surface area contributed by atoms with Gasteiger partial charge in [-0.3, -0.25) is 0 Å². The molecular weight excluding hydrogens is 316 g/mol. The van der Waals surface area contributed by atoms with Crippen LogP contribution in [0.1, 0.15) is 91.9 Å². The van der Waals surface area contributed by atoms with Gasteiger partial charge in [0.15, 0.2) is 0 Å². The van der Waals surface area contributed by atoms with Crippen LogP contribution < -0.4 is 9.80 Å². The van der Waals surface area contributed by atoms with Crippen LogP contribution in [-0.4, -0.2) is 25.2 Å². The molecule has 1 aromatic rings. The normalized spacial score (nSPS) is 16.0. The molecule has 0 N–H and O–H groups in total. The quantitative estimate of drug-likeness (QED) is 0.395. The molecule has 0 saturated carbocycles. The highest BCUT2D eigenvalue weighted by atomic mass is 15.3. The second-order valence-electron chi connectivity index (χ2n) is 8.20.